The number of rotatable bonds is 1. The molecule has 1 heteroatoms. The molecule has 94 valence electrons. The molecule has 2 saturated carbocycles. The van der Waals surface area contributed by atoms with E-state index in [0.29, 0.717) is 11.8 Å². The first-order valence-electron chi connectivity index (χ1n) is 7.16. The topological polar surface area (TPSA) is 20.2 Å². The van der Waals surface area contributed by atoms with Crippen LogP contribution in [0.25, 0.3) is 0 Å². The average Bonchev–Trinajstić information content (AvgIpc) is 2.73. The van der Waals surface area contributed by atoms with Gasteiger partial charge in [-0.2, -0.15) is 0 Å². The zero-order chi connectivity index (χ0) is 12.0. The van der Waals surface area contributed by atoms with Crippen LogP contribution in [0.15, 0.2) is 24.3 Å². The highest BCUT2D eigenvalue weighted by Gasteiger charge is 2.56. The van der Waals surface area contributed by atoms with Gasteiger partial charge in [0.1, 0.15) is 0 Å². The quantitative estimate of drug-likeness (QED) is 0.684. The van der Waals surface area contributed by atoms with E-state index in [0.717, 1.165) is 12.3 Å². The van der Waals surface area contributed by atoms with Gasteiger partial charge in [-0.3, -0.25) is 0 Å². The predicted molar refractivity (Wildman–Crippen MR) is 70.6 cm³/mol. The molecule has 0 heterocycles. The monoisotopic (exact) mass is 232 g/mol. The van der Waals surface area contributed by atoms with Crippen molar-refractivity contribution in [2.75, 3.05) is 0 Å². The van der Waals surface area contributed by atoms with E-state index in [4.69, 9.17) is 0 Å². The van der Waals surface area contributed by atoms with Crippen molar-refractivity contribution < 1.29 is 5.11 Å². The molecule has 1 nitrogen and oxygen atoms in total. The number of aliphatic hydroxyl groups excluding tert-OH is 1. The molecule has 3 rings (SSSR count). The molecule has 0 unspecified atom stereocenters. The second kappa shape index (κ2) is 3.98. The molecular weight excluding hydrogens is 208 g/mol. The lowest BCUT2D eigenvalue weighted by Gasteiger charge is -2.53. The largest absolute Gasteiger partial charge is 0.392 e. The van der Waals surface area contributed by atoms with Crippen LogP contribution in [0, 0.1) is 23.2 Å². The van der Waals surface area contributed by atoms with Gasteiger partial charge in [0.2, 0.25) is 0 Å². The molecule has 5 atom stereocenters. The van der Waals surface area contributed by atoms with Gasteiger partial charge in [0, 0.05) is 11.3 Å². The molecule has 0 aliphatic heterocycles. The van der Waals surface area contributed by atoms with Crippen molar-refractivity contribution in [1.29, 1.82) is 0 Å². The minimum Gasteiger partial charge on any atom is -0.392 e. The summed E-state index contributed by atoms with van der Waals surface area (Å²) in [4.78, 5) is 0. The van der Waals surface area contributed by atoms with E-state index in [1.807, 2.05) is 0 Å². The summed E-state index contributed by atoms with van der Waals surface area (Å²) in [5, 5.41) is 10.9. The van der Waals surface area contributed by atoms with Gasteiger partial charge in [-0.1, -0.05) is 30.7 Å². The third-order valence-electron chi connectivity index (χ3n) is 5.76. The lowest BCUT2D eigenvalue weighted by Crippen LogP contribution is -2.52. The lowest BCUT2D eigenvalue weighted by molar-refractivity contribution is -0.0935. The van der Waals surface area contributed by atoms with Crippen LogP contribution in [0.1, 0.15) is 45.4 Å². The molecule has 3 aliphatic carbocycles. The molecule has 0 aromatic carbocycles. The molecule has 0 aromatic heterocycles. The van der Waals surface area contributed by atoms with Crippen LogP contribution in [0.4, 0.5) is 0 Å². The third-order valence-corrected chi connectivity index (χ3v) is 5.76. The molecule has 0 aromatic rings. The molecule has 0 amide bonds. The Hall–Kier alpha value is -0.560. The van der Waals surface area contributed by atoms with Gasteiger partial charge in [-0.15, -0.1) is 0 Å². The molecule has 17 heavy (non-hydrogen) atoms. The number of allylic oxidation sites excluding steroid dienone is 2. The maximum atomic E-state index is 10.9. The summed E-state index contributed by atoms with van der Waals surface area (Å²) >= 11 is 0. The standard InChI is InChI=1S/C16H24O/c1-11(2)14-9-8-13-6-3-5-12-7-4-10-16(12,13)15(14)17/h3,6,12-15,17H,1,4-5,7-10H2,2H3/t12-,13-,14-,15-,16-/m1/s1. The Bertz CT molecular complexity index is 357. The highest BCUT2D eigenvalue weighted by atomic mass is 16.3. The minimum absolute atomic E-state index is 0.142. The summed E-state index contributed by atoms with van der Waals surface area (Å²) in [6.07, 6.45) is 12.1. The van der Waals surface area contributed by atoms with Crippen LogP contribution < -0.4 is 0 Å². The number of hydrogen-bond acceptors (Lipinski definition) is 1. The van der Waals surface area contributed by atoms with E-state index < -0.39 is 0 Å². The van der Waals surface area contributed by atoms with E-state index in [1.165, 1.54) is 37.7 Å². The average molecular weight is 232 g/mol. The summed E-state index contributed by atoms with van der Waals surface area (Å²) in [5.41, 5.74) is 1.39. The minimum atomic E-state index is -0.142. The van der Waals surface area contributed by atoms with Crippen molar-refractivity contribution in [2.24, 2.45) is 23.2 Å². The van der Waals surface area contributed by atoms with Crippen LogP contribution in [-0.4, -0.2) is 11.2 Å². The maximum absolute atomic E-state index is 10.9. The summed E-state index contributed by atoms with van der Waals surface area (Å²) < 4.78 is 0. The van der Waals surface area contributed by atoms with Gasteiger partial charge in [0.25, 0.3) is 0 Å². The summed E-state index contributed by atoms with van der Waals surface area (Å²) in [6.45, 7) is 6.19. The molecular formula is C16H24O. The molecule has 2 fully saturated rings. The van der Waals surface area contributed by atoms with E-state index >= 15 is 0 Å². The Morgan fingerprint density at radius 1 is 1.35 bits per heavy atom. The summed E-state index contributed by atoms with van der Waals surface area (Å²) in [5.74, 6) is 1.71. The van der Waals surface area contributed by atoms with E-state index in [9.17, 15) is 5.11 Å². The smallest absolute Gasteiger partial charge is 0.0669 e. The molecule has 0 radical (unpaired) electrons. The van der Waals surface area contributed by atoms with Gasteiger partial charge >= 0.3 is 0 Å². The van der Waals surface area contributed by atoms with Crippen molar-refractivity contribution in [3.05, 3.63) is 24.3 Å². The lowest BCUT2D eigenvalue weighted by atomic mass is 9.53. The van der Waals surface area contributed by atoms with Crippen molar-refractivity contribution in [3.63, 3.8) is 0 Å². The SMILES string of the molecule is C=C(C)[C@H]1CC[C@H]2C=CC[C@@H]3CCC[C@@]32[C@@H]1O. The fraction of sp³-hybridized carbons (Fsp3) is 0.750. The van der Waals surface area contributed by atoms with E-state index in [2.05, 4.69) is 25.7 Å². The molecule has 0 bridgehead atoms. The zero-order valence-electron chi connectivity index (χ0n) is 10.9. The Morgan fingerprint density at radius 3 is 2.94 bits per heavy atom. The van der Waals surface area contributed by atoms with Crippen molar-refractivity contribution >= 4 is 0 Å². The number of hydrogen-bond donors (Lipinski definition) is 1. The van der Waals surface area contributed by atoms with E-state index in [1.54, 1.807) is 0 Å². The van der Waals surface area contributed by atoms with Crippen LogP contribution in [-0.2, 0) is 0 Å². The number of aliphatic hydroxyl groups is 1. The first-order valence-corrected chi connectivity index (χ1v) is 7.16. The molecule has 1 spiro atoms. The Kier molecular flexibility index (Phi) is 2.70. The van der Waals surface area contributed by atoms with E-state index in [-0.39, 0.29) is 11.5 Å². The van der Waals surface area contributed by atoms with Crippen molar-refractivity contribution in [2.45, 2.75) is 51.6 Å². The Balaban J connectivity index is 1.98. The Labute approximate surface area is 105 Å². The first kappa shape index (κ1) is 11.5. The second-order valence-corrected chi connectivity index (χ2v) is 6.45. The highest BCUT2D eigenvalue weighted by Crippen LogP contribution is 2.61. The van der Waals surface area contributed by atoms with Gasteiger partial charge < -0.3 is 5.11 Å². The van der Waals surface area contributed by atoms with Crippen LogP contribution in [0.2, 0.25) is 0 Å². The predicted octanol–water partition coefficient (Wildman–Crippen LogP) is 3.70. The zero-order valence-corrected chi connectivity index (χ0v) is 10.9. The summed E-state index contributed by atoms with van der Waals surface area (Å²) in [6, 6.07) is 0. The fourth-order valence-electron chi connectivity index (χ4n) is 4.92. The van der Waals surface area contributed by atoms with Crippen LogP contribution >= 0.6 is 0 Å². The fourth-order valence-corrected chi connectivity index (χ4v) is 4.92. The van der Waals surface area contributed by atoms with Gasteiger partial charge in [0.05, 0.1) is 6.10 Å². The second-order valence-electron chi connectivity index (χ2n) is 6.45. The van der Waals surface area contributed by atoms with Crippen molar-refractivity contribution in [1.82, 2.24) is 0 Å². The van der Waals surface area contributed by atoms with Crippen LogP contribution in [0.5, 0.6) is 0 Å². The third kappa shape index (κ3) is 1.48. The van der Waals surface area contributed by atoms with Gasteiger partial charge in [0.15, 0.2) is 0 Å². The molecule has 0 saturated heterocycles. The van der Waals surface area contributed by atoms with Gasteiger partial charge in [-0.25, -0.2) is 0 Å². The molecule has 1 N–H and O–H groups in total. The van der Waals surface area contributed by atoms with Gasteiger partial charge in [-0.05, 0) is 50.9 Å². The normalized spacial score (nSPS) is 48.6. The molecule has 3 aliphatic rings. The van der Waals surface area contributed by atoms with Crippen LogP contribution in [0.3, 0.4) is 0 Å². The van der Waals surface area contributed by atoms with Crippen molar-refractivity contribution in [3.8, 4) is 0 Å². The Morgan fingerprint density at radius 2 is 2.18 bits per heavy atom. The summed E-state index contributed by atoms with van der Waals surface area (Å²) in [7, 11) is 0. The maximum Gasteiger partial charge on any atom is 0.0669 e. The highest BCUT2D eigenvalue weighted by molar-refractivity contribution is 5.19. The first-order chi connectivity index (χ1) is 8.16.